The van der Waals surface area contributed by atoms with E-state index < -0.39 is 0 Å². The van der Waals surface area contributed by atoms with Crippen molar-refractivity contribution in [2.45, 2.75) is 27.2 Å². The first-order valence-corrected chi connectivity index (χ1v) is 11.2. The number of hydrogen-bond acceptors (Lipinski definition) is 5. The Labute approximate surface area is 189 Å². The minimum Gasteiger partial charge on any atom is -0.484 e. The van der Waals surface area contributed by atoms with E-state index in [1.54, 1.807) is 0 Å². The molecular formula is C26H30N4O2. The summed E-state index contributed by atoms with van der Waals surface area (Å²) >= 11 is 0. The highest BCUT2D eigenvalue weighted by atomic mass is 16.5. The van der Waals surface area contributed by atoms with Crippen LogP contribution >= 0.6 is 0 Å². The maximum absolute atomic E-state index is 12.6. The molecular weight excluding hydrogens is 400 g/mol. The lowest BCUT2D eigenvalue weighted by Crippen LogP contribution is -2.50. The van der Waals surface area contributed by atoms with Gasteiger partial charge in [-0.2, -0.15) is 0 Å². The standard InChI is InChI=1S/C26H30N4O2/c1-4-21-6-8-22(9-7-21)23-10-12-25(28-27-23)29-13-15-30(16-14-29)26(31)18-32-24-11-5-19(2)17-20(24)3/h5-12,17H,4,13-16,18H2,1-3H3. The second-order valence-corrected chi connectivity index (χ2v) is 8.25. The minimum atomic E-state index is 0.0154. The summed E-state index contributed by atoms with van der Waals surface area (Å²) in [6.07, 6.45) is 1.02. The summed E-state index contributed by atoms with van der Waals surface area (Å²) in [5.74, 6) is 1.63. The molecule has 2 heterocycles. The van der Waals surface area contributed by atoms with Gasteiger partial charge in [-0.15, -0.1) is 10.2 Å². The van der Waals surface area contributed by atoms with Crippen LogP contribution in [0.4, 0.5) is 5.82 Å². The monoisotopic (exact) mass is 430 g/mol. The molecule has 32 heavy (non-hydrogen) atoms. The fourth-order valence-electron chi connectivity index (χ4n) is 3.94. The largest absolute Gasteiger partial charge is 0.484 e. The van der Waals surface area contributed by atoms with Gasteiger partial charge in [0.05, 0.1) is 5.69 Å². The number of benzene rings is 2. The van der Waals surface area contributed by atoms with E-state index in [-0.39, 0.29) is 12.5 Å². The van der Waals surface area contributed by atoms with Crippen molar-refractivity contribution in [3.05, 3.63) is 71.3 Å². The molecule has 1 aliphatic heterocycles. The van der Waals surface area contributed by atoms with E-state index in [9.17, 15) is 4.79 Å². The summed E-state index contributed by atoms with van der Waals surface area (Å²) in [5, 5.41) is 8.85. The average molecular weight is 431 g/mol. The van der Waals surface area contributed by atoms with Gasteiger partial charge in [-0.3, -0.25) is 4.79 Å². The van der Waals surface area contributed by atoms with Crippen LogP contribution in [0.15, 0.2) is 54.6 Å². The molecule has 2 aromatic carbocycles. The van der Waals surface area contributed by atoms with Crippen molar-refractivity contribution in [1.29, 1.82) is 0 Å². The Hall–Kier alpha value is -3.41. The van der Waals surface area contributed by atoms with Crippen LogP contribution < -0.4 is 9.64 Å². The maximum atomic E-state index is 12.6. The van der Waals surface area contributed by atoms with Crippen molar-refractivity contribution in [2.75, 3.05) is 37.7 Å². The molecule has 0 N–H and O–H groups in total. The summed E-state index contributed by atoms with van der Waals surface area (Å²) in [5.41, 5.74) is 5.48. The molecule has 1 aliphatic rings. The second kappa shape index (κ2) is 9.81. The molecule has 0 spiro atoms. The maximum Gasteiger partial charge on any atom is 0.260 e. The van der Waals surface area contributed by atoms with Crippen LogP contribution in [-0.2, 0) is 11.2 Å². The third-order valence-corrected chi connectivity index (χ3v) is 5.95. The van der Waals surface area contributed by atoms with Gasteiger partial charge in [-0.25, -0.2) is 0 Å². The fourth-order valence-corrected chi connectivity index (χ4v) is 3.94. The first kappa shape index (κ1) is 21.8. The molecule has 3 aromatic rings. The summed E-state index contributed by atoms with van der Waals surface area (Å²) in [7, 11) is 0. The Morgan fingerprint density at radius 3 is 2.31 bits per heavy atom. The molecule has 0 unspecified atom stereocenters. The van der Waals surface area contributed by atoms with Crippen LogP contribution in [0.3, 0.4) is 0 Å². The molecule has 1 aromatic heterocycles. The van der Waals surface area contributed by atoms with Crippen LogP contribution in [-0.4, -0.2) is 53.8 Å². The number of carbonyl (C=O) groups is 1. The number of aryl methyl sites for hydroxylation is 3. The predicted octanol–water partition coefficient (Wildman–Crippen LogP) is 4.05. The Balaban J connectivity index is 1.29. The highest BCUT2D eigenvalue weighted by Gasteiger charge is 2.22. The molecule has 1 fully saturated rings. The third-order valence-electron chi connectivity index (χ3n) is 5.95. The average Bonchev–Trinajstić information content (AvgIpc) is 2.83. The van der Waals surface area contributed by atoms with E-state index in [1.165, 1.54) is 11.1 Å². The van der Waals surface area contributed by atoms with Gasteiger partial charge in [0.2, 0.25) is 0 Å². The predicted molar refractivity (Wildman–Crippen MR) is 127 cm³/mol. The Morgan fingerprint density at radius 1 is 0.938 bits per heavy atom. The van der Waals surface area contributed by atoms with Gasteiger partial charge in [0, 0.05) is 31.7 Å². The topological polar surface area (TPSA) is 58.6 Å². The zero-order chi connectivity index (χ0) is 22.5. The van der Waals surface area contributed by atoms with Gasteiger partial charge < -0.3 is 14.5 Å². The molecule has 166 valence electrons. The number of nitrogens with zero attached hydrogens (tertiary/aromatic N) is 4. The molecule has 0 aliphatic carbocycles. The lowest BCUT2D eigenvalue weighted by Gasteiger charge is -2.35. The first-order chi connectivity index (χ1) is 15.5. The zero-order valence-electron chi connectivity index (χ0n) is 19.0. The number of carbonyl (C=O) groups excluding carboxylic acids is 1. The minimum absolute atomic E-state index is 0.0154. The van der Waals surface area contributed by atoms with E-state index in [0.717, 1.165) is 47.9 Å². The van der Waals surface area contributed by atoms with Crippen LogP contribution in [0.1, 0.15) is 23.6 Å². The molecule has 0 radical (unpaired) electrons. The quantitative estimate of drug-likeness (QED) is 0.591. The van der Waals surface area contributed by atoms with Gasteiger partial charge in [0.25, 0.3) is 5.91 Å². The second-order valence-electron chi connectivity index (χ2n) is 8.25. The molecule has 0 atom stereocenters. The number of anilines is 1. The molecule has 1 saturated heterocycles. The van der Waals surface area contributed by atoms with Crippen molar-refractivity contribution < 1.29 is 9.53 Å². The molecule has 0 saturated carbocycles. The van der Waals surface area contributed by atoms with E-state index in [2.05, 4.69) is 52.4 Å². The van der Waals surface area contributed by atoms with E-state index in [1.807, 2.05) is 43.0 Å². The van der Waals surface area contributed by atoms with Gasteiger partial charge in [-0.1, -0.05) is 48.9 Å². The normalized spacial score (nSPS) is 13.8. The first-order valence-electron chi connectivity index (χ1n) is 11.2. The third kappa shape index (κ3) is 5.07. The van der Waals surface area contributed by atoms with Gasteiger partial charge >= 0.3 is 0 Å². The molecule has 6 nitrogen and oxygen atoms in total. The molecule has 1 amide bonds. The summed E-state index contributed by atoms with van der Waals surface area (Å²) < 4.78 is 5.76. The number of piperazine rings is 1. The van der Waals surface area contributed by atoms with Crippen molar-refractivity contribution >= 4 is 11.7 Å². The number of ether oxygens (including phenoxy) is 1. The molecule has 6 heteroatoms. The van der Waals surface area contributed by atoms with Crippen LogP contribution in [0.25, 0.3) is 11.3 Å². The fraction of sp³-hybridized carbons (Fsp3) is 0.346. The van der Waals surface area contributed by atoms with Crippen LogP contribution in [0, 0.1) is 13.8 Å². The van der Waals surface area contributed by atoms with Crippen molar-refractivity contribution in [1.82, 2.24) is 15.1 Å². The smallest absolute Gasteiger partial charge is 0.260 e. The summed E-state index contributed by atoms with van der Waals surface area (Å²) in [4.78, 5) is 16.6. The lowest BCUT2D eigenvalue weighted by atomic mass is 10.1. The van der Waals surface area contributed by atoms with Crippen molar-refractivity contribution in [3.8, 4) is 17.0 Å². The number of hydrogen-bond donors (Lipinski definition) is 0. The molecule has 0 bridgehead atoms. The highest BCUT2D eigenvalue weighted by molar-refractivity contribution is 5.78. The number of aromatic nitrogens is 2. The van der Waals surface area contributed by atoms with Crippen LogP contribution in [0.5, 0.6) is 5.75 Å². The van der Waals surface area contributed by atoms with E-state index in [0.29, 0.717) is 13.1 Å². The van der Waals surface area contributed by atoms with E-state index in [4.69, 9.17) is 4.74 Å². The highest BCUT2D eigenvalue weighted by Crippen LogP contribution is 2.21. The van der Waals surface area contributed by atoms with E-state index >= 15 is 0 Å². The van der Waals surface area contributed by atoms with Crippen molar-refractivity contribution in [2.24, 2.45) is 0 Å². The SMILES string of the molecule is CCc1ccc(-c2ccc(N3CCN(C(=O)COc4ccc(C)cc4C)CC3)nn2)cc1. The molecule has 4 rings (SSSR count). The number of amides is 1. The Morgan fingerprint density at radius 2 is 1.69 bits per heavy atom. The number of rotatable bonds is 6. The summed E-state index contributed by atoms with van der Waals surface area (Å²) in [6.45, 7) is 9.02. The Bertz CT molecular complexity index is 1060. The van der Waals surface area contributed by atoms with Gasteiger partial charge in [-0.05, 0) is 49.6 Å². The van der Waals surface area contributed by atoms with Gasteiger partial charge in [0.1, 0.15) is 5.75 Å². The summed E-state index contributed by atoms with van der Waals surface area (Å²) in [6, 6.07) is 18.4. The zero-order valence-corrected chi connectivity index (χ0v) is 19.0. The Kier molecular flexibility index (Phi) is 6.69. The lowest BCUT2D eigenvalue weighted by molar-refractivity contribution is -0.133. The van der Waals surface area contributed by atoms with Crippen LogP contribution in [0.2, 0.25) is 0 Å². The van der Waals surface area contributed by atoms with Crippen molar-refractivity contribution in [3.63, 3.8) is 0 Å². The van der Waals surface area contributed by atoms with Gasteiger partial charge in [0.15, 0.2) is 12.4 Å².